The summed E-state index contributed by atoms with van der Waals surface area (Å²) >= 11 is 0. The third-order valence-electron chi connectivity index (χ3n) is 5.16. The van der Waals surface area contributed by atoms with Crippen molar-refractivity contribution in [3.8, 4) is 0 Å². The fourth-order valence-corrected chi connectivity index (χ4v) is 4.78. The van der Waals surface area contributed by atoms with Crippen molar-refractivity contribution in [2.45, 2.75) is 18.7 Å². The molecular weight excluding hydrogens is 440 g/mol. The van der Waals surface area contributed by atoms with Crippen LogP contribution in [0.1, 0.15) is 16.7 Å². The van der Waals surface area contributed by atoms with E-state index >= 15 is 0 Å². The first kappa shape index (κ1) is 22.2. The van der Waals surface area contributed by atoms with Crippen LogP contribution in [-0.2, 0) is 19.6 Å². The molecule has 9 heteroatoms. The molecule has 1 aliphatic heterocycles. The number of sulfonamides is 1. The third-order valence-corrected chi connectivity index (χ3v) is 6.94. The lowest BCUT2D eigenvalue weighted by atomic mass is 10.1. The number of para-hydroxylation sites is 1. The van der Waals surface area contributed by atoms with Crippen LogP contribution in [0.2, 0.25) is 0 Å². The lowest BCUT2D eigenvalue weighted by Crippen LogP contribution is -2.40. The molecule has 0 spiro atoms. The molecule has 168 valence electrons. The number of nitrogens with zero attached hydrogens (tertiary/aromatic N) is 2. The van der Waals surface area contributed by atoms with Gasteiger partial charge in [-0.1, -0.05) is 53.6 Å². The van der Waals surface area contributed by atoms with E-state index in [9.17, 15) is 18.0 Å². The highest BCUT2D eigenvalue weighted by Crippen LogP contribution is 2.25. The molecule has 0 bridgehead atoms. The Balaban J connectivity index is 1.62. The Morgan fingerprint density at radius 3 is 2.21 bits per heavy atom. The van der Waals surface area contributed by atoms with Crippen molar-refractivity contribution in [1.29, 1.82) is 0 Å². The summed E-state index contributed by atoms with van der Waals surface area (Å²) in [4.78, 5) is 25.0. The summed E-state index contributed by atoms with van der Waals surface area (Å²) in [6, 6.07) is 20.2. The van der Waals surface area contributed by atoms with E-state index in [2.05, 4.69) is 15.8 Å². The number of hydrazone groups is 1. The Labute approximate surface area is 192 Å². The molecule has 0 atom stereocenters. The van der Waals surface area contributed by atoms with Gasteiger partial charge in [0.25, 0.3) is 21.8 Å². The fourth-order valence-electron chi connectivity index (χ4n) is 3.36. The molecule has 33 heavy (non-hydrogen) atoms. The van der Waals surface area contributed by atoms with E-state index < -0.39 is 28.4 Å². The number of amides is 2. The second-order valence-corrected chi connectivity index (χ2v) is 9.52. The smallest absolute Gasteiger partial charge is 0.276 e. The summed E-state index contributed by atoms with van der Waals surface area (Å²) in [5.41, 5.74) is 5.75. The average molecular weight is 463 g/mol. The van der Waals surface area contributed by atoms with Gasteiger partial charge in [-0.15, -0.1) is 0 Å². The van der Waals surface area contributed by atoms with Crippen molar-refractivity contribution in [3.63, 3.8) is 0 Å². The molecule has 0 fully saturated rings. The van der Waals surface area contributed by atoms with E-state index in [1.165, 1.54) is 12.1 Å². The highest BCUT2D eigenvalue weighted by Gasteiger charge is 2.28. The second-order valence-electron chi connectivity index (χ2n) is 7.66. The number of nitrogens with one attached hydrogen (secondary N) is 2. The van der Waals surface area contributed by atoms with Crippen LogP contribution < -0.4 is 15.0 Å². The zero-order valence-electron chi connectivity index (χ0n) is 18.1. The molecule has 4 rings (SSSR count). The van der Waals surface area contributed by atoms with Gasteiger partial charge in [0.05, 0.1) is 16.3 Å². The van der Waals surface area contributed by atoms with Crippen molar-refractivity contribution in [1.82, 2.24) is 5.43 Å². The Morgan fingerprint density at radius 2 is 1.55 bits per heavy atom. The zero-order valence-corrected chi connectivity index (χ0v) is 18.9. The standard InChI is InChI=1S/C24H22N4O4S/c1-16-7-11-18(12-8-16)28(33(31,32)19-13-9-17(2)10-14-19)15-22(29)26-27-23-20-5-3-4-6-21(20)25-24(23)30/h3-14H,15H2,1-2H3,(H,26,29)(H,25,27,30). The molecule has 1 aliphatic rings. The minimum absolute atomic E-state index is 0.0576. The maximum atomic E-state index is 13.4. The number of rotatable bonds is 6. The molecule has 0 aliphatic carbocycles. The molecule has 0 saturated heterocycles. The molecular formula is C24H22N4O4S. The maximum Gasteiger partial charge on any atom is 0.276 e. The van der Waals surface area contributed by atoms with Crippen LogP contribution >= 0.6 is 0 Å². The van der Waals surface area contributed by atoms with Crippen molar-refractivity contribution in [2.24, 2.45) is 5.10 Å². The number of aryl methyl sites for hydroxylation is 2. The number of fused-ring (bicyclic) bond motifs is 1. The molecule has 3 aromatic rings. The van der Waals surface area contributed by atoms with Gasteiger partial charge < -0.3 is 5.32 Å². The van der Waals surface area contributed by atoms with Gasteiger partial charge >= 0.3 is 0 Å². The topological polar surface area (TPSA) is 108 Å². The number of carbonyl (C=O) groups excluding carboxylic acids is 2. The van der Waals surface area contributed by atoms with Crippen molar-refractivity contribution >= 4 is 38.9 Å². The Kier molecular flexibility index (Phi) is 5.97. The van der Waals surface area contributed by atoms with E-state index in [0.29, 0.717) is 16.9 Å². The first-order chi connectivity index (χ1) is 15.8. The highest BCUT2D eigenvalue weighted by atomic mass is 32.2. The summed E-state index contributed by atoms with van der Waals surface area (Å²) in [5, 5.41) is 6.62. The first-order valence-electron chi connectivity index (χ1n) is 10.2. The first-order valence-corrected chi connectivity index (χ1v) is 11.6. The maximum absolute atomic E-state index is 13.4. The van der Waals surface area contributed by atoms with Crippen LogP contribution in [0.3, 0.4) is 0 Å². The zero-order chi connectivity index (χ0) is 23.6. The summed E-state index contributed by atoms with van der Waals surface area (Å²) in [6.45, 7) is 3.23. The molecule has 0 aromatic heterocycles. The Morgan fingerprint density at radius 1 is 0.939 bits per heavy atom. The molecule has 2 amide bonds. The summed E-state index contributed by atoms with van der Waals surface area (Å²) < 4.78 is 27.8. The summed E-state index contributed by atoms with van der Waals surface area (Å²) in [5.74, 6) is -1.13. The summed E-state index contributed by atoms with van der Waals surface area (Å²) in [7, 11) is -4.03. The number of carbonyl (C=O) groups is 2. The monoisotopic (exact) mass is 462 g/mol. The number of hydrogen-bond donors (Lipinski definition) is 2. The molecule has 1 heterocycles. The predicted molar refractivity (Wildman–Crippen MR) is 127 cm³/mol. The number of hydrogen-bond acceptors (Lipinski definition) is 5. The quantitative estimate of drug-likeness (QED) is 0.549. The lowest BCUT2D eigenvalue weighted by Gasteiger charge is -2.24. The summed E-state index contributed by atoms with van der Waals surface area (Å²) in [6.07, 6.45) is 0. The van der Waals surface area contributed by atoms with Gasteiger partial charge in [0.2, 0.25) is 0 Å². The van der Waals surface area contributed by atoms with E-state index in [0.717, 1.165) is 15.4 Å². The van der Waals surface area contributed by atoms with Gasteiger partial charge in [0, 0.05) is 5.56 Å². The minimum Gasteiger partial charge on any atom is -0.320 e. The minimum atomic E-state index is -4.03. The van der Waals surface area contributed by atoms with Crippen molar-refractivity contribution in [2.75, 3.05) is 16.2 Å². The van der Waals surface area contributed by atoms with Crippen molar-refractivity contribution < 1.29 is 18.0 Å². The van der Waals surface area contributed by atoms with Gasteiger partial charge in [-0.05, 0) is 44.2 Å². The van der Waals surface area contributed by atoms with Crippen LogP contribution in [0.25, 0.3) is 0 Å². The molecule has 0 saturated carbocycles. The molecule has 2 N–H and O–H groups in total. The molecule has 8 nitrogen and oxygen atoms in total. The van der Waals surface area contributed by atoms with Crippen LogP contribution in [-0.4, -0.2) is 32.5 Å². The van der Waals surface area contributed by atoms with E-state index in [1.54, 1.807) is 60.7 Å². The highest BCUT2D eigenvalue weighted by molar-refractivity contribution is 7.92. The van der Waals surface area contributed by atoms with E-state index in [1.807, 2.05) is 13.8 Å². The predicted octanol–water partition coefficient (Wildman–Crippen LogP) is 2.97. The molecule has 3 aromatic carbocycles. The van der Waals surface area contributed by atoms with Gasteiger partial charge in [0.1, 0.15) is 6.54 Å². The van der Waals surface area contributed by atoms with Crippen molar-refractivity contribution in [3.05, 3.63) is 89.5 Å². The average Bonchev–Trinajstić information content (AvgIpc) is 3.12. The molecule has 0 unspecified atom stereocenters. The number of anilines is 2. The third kappa shape index (κ3) is 4.63. The van der Waals surface area contributed by atoms with E-state index in [4.69, 9.17) is 0 Å². The largest absolute Gasteiger partial charge is 0.320 e. The second kappa shape index (κ2) is 8.87. The SMILES string of the molecule is Cc1ccc(N(CC(=O)N/N=C2/C(=O)Nc3ccccc32)S(=O)(=O)c2ccc(C)cc2)cc1. The Bertz CT molecular complexity index is 1350. The van der Waals surface area contributed by atoms with Gasteiger partial charge in [0.15, 0.2) is 5.71 Å². The van der Waals surface area contributed by atoms with Crippen LogP contribution in [0.5, 0.6) is 0 Å². The van der Waals surface area contributed by atoms with Gasteiger partial charge in [-0.2, -0.15) is 5.10 Å². The van der Waals surface area contributed by atoms with Crippen LogP contribution in [0.4, 0.5) is 11.4 Å². The Hall–Kier alpha value is -3.98. The van der Waals surface area contributed by atoms with E-state index in [-0.39, 0.29) is 10.6 Å². The van der Waals surface area contributed by atoms with Gasteiger partial charge in [-0.25, -0.2) is 13.8 Å². The number of benzene rings is 3. The van der Waals surface area contributed by atoms with Crippen LogP contribution in [0, 0.1) is 13.8 Å². The normalized spacial score (nSPS) is 14.0. The van der Waals surface area contributed by atoms with Gasteiger partial charge in [-0.3, -0.25) is 13.9 Å². The molecule has 0 radical (unpaired) electrons. The van der Waals surface area contributed by atoms with Crippen LogP contribution in [0.15, 0.2) is 82.8 Å². The fraction of sp³-hybridized carbons (Fsp3) is 0.125. The lowest BCUT2D eigenvalue weighted by molar-refractivity contribution is -0.119.